The highest BCUT2D eigenvalue weighted by atomic mass is 32.2. The van der Waals surface area contributed by atoms with E-state index in [1.165, 1.54) is 54.8 Å². The van der Waals surface area contributed by atoms with Crippen molar-refractivity contribution in [3.8, 4) is 5.75 Å². The van der Waals surface area contributed by atoms with Gasteiger partial charge in [0.1, 0.15) is 47.3 Å². The number of ether oxygens (including phenoxy) is 5. The van der Waals surface area contributed by atoms with E-state index >= 15 is 0 Å². The number of β-lactam (4-membered cyclic amide) rings is 2. The first kappa shape index (κ1) is 40.1. The van der Waals surface area contributed by atoms with Crippen molar-refractivity contribution in [3.05, 3.63) is 65.7 Å². The van der Waals surface area contributed by atoms with Gasteiger partial charge in [0.15, 0.2) is 9.84 Å². The zero-order chi connectivity index (χ0) is 40.7. The molecule has 4 amide bonds. The highest BCUT2D eigenvalue weighted by Gasteiger charge is 2.68. The Morgan fingerprint density at radius 3 is 2.07 bits per heavy atom. The van der Waals surface area contributed by atoms with Gasteiger partial charge in [-0.05, 0) is 51.0 Å². The Labute approximate surface area is 324 Å². The maximum atomic E-state index is 13.6. The number of rotatable bonds is 12. The summed E-state index contributed by atoms with van der Waals surface area (Å²) in [6, 6.07) is 9.31. The standard InChI is InChI=1S/C35H38N4O15S2/c1-34(2)25(30(44)51-16-53-33(47)54-17-52-31(45)26-35(3,4)56(48,49)22-14-21(41)38(22)26)39-28(43)24(29(39)55-34)36-27(42)23(19-10-12-20(40)13-11-19)37-32(46)50-15-18-8-6-5-7-9-18/h5-13,22-26,29,40H,14-17H2,1-4H3,(H,36,42)(H,37,46)/t22-,23?,24-,25+,26+,29-/m1/s1. The summed E-state index contributed by atoms with van der Waals surface area (Å²) >= 11 is 1.21. The molecule has 4 fully saturated rings. The van der Waals surface area contributed by atoms with Crippen LogP contribution in [0.5, 0.6) is 5.75 Å². The number of hydrogen-bond acceptors (Lipinski definition) is 16. The van der Waals surface area contributed by atoms with E-state index in [0.717, 1.165) is 4.90 Å². The van der Waals surface area contributed by atoms with Crippen LogP contribution in [0.2, 0.25) is 0 Å². The Morgan fingerprint density at radius 1 is 0.857 bits per heavy atom. The summed E-state index contributed by atoms with van der Waals surface area (Å²) in [7, 11) is -3.86. The molecule has 3 N–H and O–H groups in total. The summed E-state index contributed by atoms with van der Waals surface area (Å²) in [5, 5.41) is 13.1. The van der Waals surface area contributed by atoms with Gasteiger partial charge >= 0.3 is 24.2 Å². The lowest BCUT2D eigenvalue weighted by molar-refractivity contribution is -0.173. The smallest absolute Gasteiger partial charge is 0.508 e. The highest BCUT2D eigenvalue weighted by molar-refractivity contribution is 8.01. The van der Waals surface area contributed by atoms with Crippen LogP contribution in [-0.4, -0.2) is 117 Å². The van der Waals surface area contributed by atoms with Gasteiger partial charge in [0.25, 0.3) is 0 Å². The Kier molecular flexibility index (Phi) is 10.9. The van der Waals surface area contributed by atoms with Crippen LogP contribution >= 0.6 is 11.8 Å². The lowest BCUT2D eigenvalue weighted by Gasteiger charge is -2.44. The average molecular weight is 819 g/mol. The van der Waals surface area contributed by atoms with Gasteiger partial charge in [-0.1, -0.05) is 42.5 Å². The van der Waals surface area contributed by atoms with E-state index < -0.39 is 110 Å². The topological polar surface area (TPSA) is 251 Å². The number of benzene rings is 2. The number of alkyl carbamates (subject to hydrolysis) is 1. The number of thioether (sulfide) groups is 1. The lowest BCUT2D eigenvalue weighted by atomic mass is 9.95. The number of fused-ring (bicyclic) bond motifs is 2. The van der Waals surface area contributed by atoms with E-state index in [1.807, 2.05) is 0 Å². The molecule has 6 rings (SSSR count). The van der Waals surface area contributed by atoms with Gasteiger partial charge in [0.2, 0.25) is 31.3 Å². The Balaban J connectivity index is 0.988. The molecule has 6 atom stereocenters. The molecule has 4 saturated heterocycles. The highest BCUT2D eigenvalue weighted by Crippen LogP contribution is 2.51. The second-order valence-electron chi connectivity index (χ2n) is 14.2. The zero-order valence-electron chi connectivity index (χ0n) is 30.4. The number of nitrogens with one attached hydrogen (secondary N) is 2. The minimum absolute atomic E-state index is 0.0716. The number of carbonyl (C=O) groups excluding carboxylic acids is 7. The number of amides is 4. The van der Waals surface area contributed by atoms with Crippen LogP contribution in [0, 0.1) is 0 Å². The lowest BCUT2D eigenvalue weighted by Crippen LogP contribution is -2.71. The molecule has 4 heterocycles. The molecule has 0 aromatic heterocycles. The molecule has 300 valence electrons. The molecule has 0 spiro atoms. The minimum atomic E-state index is -3.86. The van der Waals surface area contributed by atoms with E-state index in [2.05, 4.69) is 15.4 Å². The van der Waals surface area contributed by atoms with Crippen LogP contribution in [0.25, 0.3) is 0 Å². The van der Waals surface area contributed by atoms with Gasteiger partial charge in [-0.2, -0.15) is 0 Å². The van der Waals surface area contributed by atoms with Crippen molar-refractivity contribution in [3.63, 3.8) is 0 Å². The Morgan fingerprint density at radius 2 is 1.46 bits per heavy atom. The van der Waals surface area contributed by atoms with Crippen LogP contribution in [-0.2, 0) is 64.1 Å². The first-order chi connectivity index (χ1) is 26.3. The number of nitrogens with zero attached hydrogens (tertiary/aromatic N) is 2. The van der Waals surface area contributed by atoms with Crippen molar-refractivity contribution in [1.29, 1.82) is 0 Å². The Hall–Kier alpha value is -5.57. The molecular formula is C35H38N4O15S2. The number of hydrogen-bond donors (Lipinski definition) is 3. The molecule has 2 aromatic rings. The van der Waals surface area contributed by atoms with E-state index in [9.17, 15) is 47.1 Å². The van der Waals surface area contributed by atoms with Crippen LogP contribution < -0.4 is 10.6 Å². The SMILES string of the molecule is CC1(C)S[C@@H]2[C@H](NC(=O)C(NC(=O)OCc3ccccc3)c3ccc(O)cc3)C(=O)N2[C@H]1C(=O)OCOC(=O)OCOC(=O)[C@@H]1N2C(=O)C[C@H]2S(=O)(=O)C1(C)C. The van der Waals surface area contributed by atoms with Gasteiger partial charge in [0.05, 0.1) is 11.2 Å². The van der Waals surface area contributed by atoms with Crippen LogP contribution in [0.4, 0.5) is 9.59 Å². The van der Waals surface area contributed by atoms with Gasteiger partial charge in [-0.15, -0.1) is 11.8 Å². The van der Waals surface area contributed by atoms with Crippen LogP contribution in [0.1, 0.15) is 51.3 Å². The summed E-state index contributed by atoms with van der Waals surface area (Å²) in [5.74, 6) is -4.04. The molecule has 21 heteroatoms. The van der Waals surface area contributed by atoms with Crippen molar-refractivity contribution in [2.45, 2.75) is 85.1 Å². The molecule has 4 aliphatic rings. The molecule has 56 heavy (non-hydrogen) atoms. The molecule has 0 saturated carbocycles. The van der Waals surface area contributed by atoms with Crippen molar-refractivity contribution in [2.75, 3.05) is 13.6 Å². The third kappa shape index (κ3) is 7.39. The van der Waals surface area contributed by atoms with Gasteiger partial charge in [-0.3, -0.25) is 14.4 Å². The summed E-state index contributed by atoms with van der Waals surface area (Å²) < 4.78 is 47.5. The molecule has 0 radical (unpaired) electrons. The third-order valence-corrected chi connectivity index (χ3v) is 14.3. The van der Waals surface area contributed by atoms with Crippen molar-refractivity contribution in [1.82, 2.24) is 20.4 Å². The number of phenolic OH excluding ortho intramolecular Hbond substituents is 1. The minimum Gasteiger partial charge on any atom is -0.508 e. The summed E-state index contributed by atoms with van der Waals surface area (Å²) in [6.45, 7) is 3.92. The van der Waals surface area contributed by atoms with Crippen molar-refractivity contribution in [2.24, 2.45) is 0 Å². The maximum Gasteiger partial charge on any atom is 0.514 e. The summed E-state index contributed by atoms with van der Waals surface area (Å²) in [4.78, 5) is 91.9. The van der Waals surface area contributed by atoms with Gasteiger partial charge < -0.3 is 49.2 Å². The number of aromatic hydroxyl groups is 1. The van der Waals surface area contributed by atoms with E-state index in [4.69, 9.17) is 18.9 Å². The number of sulfone groups is 1. The number of carbonyl (C=O) groups is 7. The molecular weight excluding hydrogens is 781 g/mol. The number of phenols is 1. The van der Waals surface area contributed by atoms with Crippen molar-refractivity contribution < 1.29 is 70.8 Å². The summed E-state index contributed by atoms with van der Waals surface area (Å²) in [6.07, 6.45) is -2.57. The third-order valence-electron chi connectivity index (χ3n) is 9.88. The van der Waals surface area contributed by atoms with Crippen LogP contribution in [0.15, 0.2) is 54.6 Å². The second kappa shape index (κ2) is 15.2. The fraction of sp³-hybridized carbons (Fsp3) is 0.457. The van der Waals surface area contributed by atoms with Gasteiger partial charge in [0, 0.05) is 4.75 Å². The first-order valence-electron chi connectivity index (χ1n) is 17.1. The number of esters is 2. The molecule has 4 aliphatic heterocycles. The predicted octanol–water partition coefficient (Wildman–Crippen LogP) is 1.20. The zero-order valence-corrected chi connectivity index (χ0v) is 32.0. The predicted molar refractivity (Wildman–Crippen MR) is 190 cm³/mol. The monoisotopic (exact) mass is 818 g/mol. The fourth-order valence-corrected chi connectivity index (χ4v) is 10.6. The summed E-state index contributed by atoms with van der Waals surface area (Å²) in [5.41, 5.74) is 0.996. The quantitative estimate of drug-likeness (QED) is 0.118. The second-order valence-corrected chi connectivity index (χ2v) is 18.6. The first-order valence-corrected chi connectivity index (χ1v) is 19.5. The Bertz CT molecular complexity index is 2040. The van der Waals surface area contributed by atoms with Crippen LogP contribution in [0.3, 0.4) is 0 Å². The molecule has 0 aliphatic carbocycles. The molecule has 0 bridgehead atoms. The fourth-order valence-electron chi connectivity index (χ4n) is 6.89. The molecule has 2 aromatic carbocycles. The van der Waals surface area contributed by atoms with Gasteiger partial charge in [-0.25, -0.2) is 27.6 Å². The maximum absolute atomic E-state index is 13.6. The van der Waals surface area contributed by atoms with E-state index in [-0.39, 0.29) is 24.3 Å². The van der Waals surface area contributed by atoms with E-state index in [0.29, 0.717) is 5.56 Å². The average Bonchev–Trinajstić information content (AvgIpc) is 3.47. The van der Waals surface area contributed by atoms with E-state index in [1.54, 1.807) is 44.2 Å². The molecule has 19 nitrogen and oxygen atoms in total. The van der Waals surface area contributed by atoms with Crippen molar-refractivity contribution >= 4 is 63.5 Å². The largest absolute Gasteiger partial charge is 0.514 e. The molecule has 1 unspecified atom stereocenters. The normalized spacial score (nSPS) is 25.2.